The second-order valence-corrected chi connectivity index (χ2v) is 6.40. The molecule has 3 heterocycles. The number of ether oxygens (including phenoxy) is 2. The van der Waals surface area contributed by atoms with Crippen molar-refractivity contribution in [3.63, 3.8) is 0 Å². The quantitative estimate of drug-likeness (QED) is 0.678. The van der Waals surface area contributed by atoms with Gasteiger partial charge in [-0.2, -0.15) is 0 Å². The van der Waals surface area contributed by atoms with Gasteiger partial charge < -0.3 is 19.7 Å². The van der Waals surface area contributed by atoms with Crippen molar-refractivity contribution in [2.45, 2.75) is 19.9 Å². The molecule has 0 bridgehead atoms. The number of rotatable bonds is 7. The summed E-state index contributed by atoms with van der Waals surface area (Å²) >= 11 is 1.46. The van der Waals surface area contributed by atoms with E-state index < -0.39 is 11.9 Å². The molecule has 3 amide bonds. The van der Waals surface area contributed by atoms with Gasteiger partial charge in [0.25, 0.3) is 5.91 Å². The first-order valence-electron chi connectivity index (χ1n) is 8.41. The molecule has 11 heteroatoms. The van der Waals surface area contributed by atoms with Gasteiger partial charge in [-0.05, 0) is 6.92 Å². The van der Waals surface area contributed by atoms with E-state index in [1.165, 1.54) is 17.5 Å². The Balaban J connectivity index is 1.53. The van der Waals surface area contributed by atoms with Crippen molar-refractivity contribution < 1.29 is 23.9 Å². The molecular weight excluding hydrogens is 374 g/mol. The normalized spacial score (nSPS) is 16.1. The first-order chi connectivity index (χ1) is 13.1. The van der Waals surface area contributed by atoms with Gasteiger partial charge >= 0.3 is 18.0 Å². The number of hydrogen-bond donors (Lipinski definition) is 1. The van der Waals surface area contributed by atoms with Crippen LogP contribution >= 0.6 is 11.3 Å². The summed E-state index contributed by atoms with van der Waals surface area (Å²) in [5, 5.41) is 4.45. The van der Waals surface area contributed by atoms with Gasteiger partial charge in [-0.3, -0.25) is 14.5 Å². The van der Waals surface area contributed by atoms with Crippen LogP contribution in [-0.2, 0) is 25.6 Å². The fraction of sp³-hybridized carbons (Fsp3) is 0.438. The molecule has 3 rings (SSSR count). The molecule has 1 aromatic rings. The highest BCUT2D eigenvalue weighted by Gasteiger charge is 2.31. The van der Waals surface area contributed by atoms with Crippen LogP contribution in [0, 0.1) is 0 Å². The minimum absolute atomic E-state index is 0.0263. The van der Waals surface area contributed by atoms with Gasteiger partial charge in [0, 0.05) is 25.0 Å². The number of nitrogens with one attached hydrogen (secondary N) is 1. The van der Waals surface area contributed by atoms with Crippen molar-refractivity contribution in [2.24, 2.45) is 4.99 Å². The molecule has 0 radical (unpaired) electrons. The monoisotopic (exact) mass is 393 g/mol. The fourth-order valence-electron chi connectivity index (χ4n) is 2.47. The Morgan fingerprint density at radius 1 is 1.41 bits per heavy atom. The number of esters is 1. The minimum atomic E-state index is -0.484. The van der Waals surface area contributed by atoms with E-state index in [0.29, 0.717) is 26.2 Å². The van der Waals surface area contributed by atoms with Crippen molar-refractivity contribution in [1.29, 1.82) is 0 Å². The maximum absolute atomic E-state index is 12.3. The molecule has 0 saturated heterocycles. The SMILES string of the molecule is CCOC(=O)CCNC(=O)C1=CN2CCN(Cc3cscn3)C(=O)N=C2O1. The third-order valence-corrected chi connectivity index (χ3v) is 4.41. The van der Waals surface area contributed by atoms with Gasteiger partial charge in [-0.15, -0.1) is 16.3 Å². The maximum Gasteiger partial charge on any atom is 0.348 e. The highest BCUT2D eigenvalue weighted by molar-refractivity contribution is 7.07. The summed E-state index contributed by atoms with van der Waals surface area (Å²) in [5.74, 6) is -0.844. The Labute approximate surface area is 159 Å². The zero-order valence-electron chi connectivity index (χ0n) is 14.7. The first-order valence-corrected chi connectivity index (χ1v) is 9.36. The zero-order valence-corrected chi connectivity index (χ0v) is 15.5. The van der Waals surface area contributed by atoms with Gasteiger partial charge in [0.15, 0.2) is 0 Å². The van der Waals surface area contributed by atoms with Crippen molar-refractivity contribution >= 4 is 35.3 Å². The van der Waals surface area contributed by atoms with Crippen LogP contribution < -0.4 is 5.32 Å². The predicted molar refractivity (Wildman–Crippen MR) is 95.5 cm³/mol. The maximum atomic E-state index is 12.3. The van der Waals surface area contributed by atoms with Gasteiger partial charge in [-0.25, -0.2) is 9.78 Å². The van der Waals surface area contributed by atoms with Crippen molar-refractivity contribution in [3.8, 4) is 0 Å². The highest BCUT2D eigenvalue weighted by Crippen LogP contribution is 2.18. The summed E-state index contributed by atoms with van der Waals surface area (Å²) in [6.45, 7) is 3.37. The molecule has 0 unspecified atom stereocenters. The van der Waals surface area contributed by atoms with E-state index in [0.717, 1.165) is 5.69 Å². The number of nitrogens with zero attached hydrogens (tertiary/aromatic N) is 4. The molecule has 2 aliphatic rings. The molecule has 1 aromatic heterocycles. The Morgan fingerprint density at radius 3 is 3.00 bits per heavy atom. The van der Waals surface area contributed by atoms with Crippen molar-refractivity contribution in [2.75, 3.05) is 26.2 Å². The second kappa shape index (κ2) is 8.62. The van der Waals surface area contributed by atoms with Crippen LogP contribution in [-0.4, -0.2) is 65.0 Å². The van der Waals surface area contributed by atoms with Crippen LogP contribution in [0.1, 0.15) is 19.0 Å². The number of amidine groups is 1. The molecule has 0 aromatic carbocycles. The third kappa shape index (κ3) is 4.82. The van der Waals surface area contributed by atoms with Crippen LogP contribution in [0.25, 0.3) is 0 Å². The highest BCUT2D eigenvalue weighted by atomic mass is 32.1. The average Bonchev–Trinajstić information content (AvgIpc) is 3.26. The smallest absolute Gasteiger partial charge is 0.348 e. The largest absolute Gasteiger partial charge is 0.466 e. The number of urea groups is 1. The average molecular weight is 393 g/mol. The summed E-state index contributed by atoms with van der Waals surface area (Å²) in [4.78, 5) is 47.0. The van der Waals surface area contributed by atoms with Crippen molar-refractivity contribution in [1.82, 2.24) is 20.1 Å². The van der Waals surface area contributed by atoms with Gasteiger partial charge in [0.05, 0.1) is 37.0 Å². The van der Waals surface area contributed by atoms with E-state index in [4.69, 9.17) is 9.47 Å². The molecule has 27 heavy (non-hydrogen) atoms. The number of fused-ring (bicyclic) bond motifs is 1. The standard InChI is InChI=1S/C16H19N5O5S/c1-2-25-13(22)3-4-17-14(23)12-8-21-6-5-20(7-11-9-27-10-18-11)15(24)19-16(21)26-12/h8-10H,2-7H2,1H3,(H,17,23). The molecule has 0 saturated carbocycles. The van der Waals surface area contributed by atoms with E-state index in [1.54, 1.807) is 22.2 Å². The van der Waals surface area contributed by atoms with Crippen molar-refractivity contribution in [3.05, 3.63) is 28.5 Å². The van der Waals surface area contributed by atoms with Crippen LogP contribution in [0.2, 0.25) is 0 Å². The molecule has 0 aliphatic carbocycles. The van der Waals surface area contributed by atoms with E-state index in [9.17, 15) is 14.4 Å². The van der Waals surface area contributed by atoms with Crippen LogP contribution in [0.15, 0.2) is 27.8 Å². The number of carbonyl (C=O) groups is 3. The molecule has 1 N–H and O–H groups in total. The molecule has 2 aliphatic heterocycles. The van der Waals surface area contributed by atoms with Crippen LogP contribution in [0.5, 0.6) is 0 Å². The van der Waals surface area contributed by atoms with Crippen LogP contribution in [0.3, 0.4) is 0 Å². The lowest BCUT2D eigenvalue weighted by atomic mass is 10.4. The van der Waals surface area contributed by atoms with Crippen LogP contribution in [0.4, 0.5) is 4.79 Å². The summed E-state index contributed by atoms with van der Waals surface area (Å²) in [6.07, 6.45) is 1.57. The fourth-order valence-corrected chi connectivity index (χ4v) is 3.01. The summed E-state index contributed by atoms with van der Waals surface area (Å²) in [7, 11) is 0. The lowest BCUT2D eigenvalue weighted by Gasteiger charge is -2.18. The Morgan fingerprint density at radius 2 is 2.26 bits per heavy atom. The molecule has 144 valence electrons. The number of thiazole rings is 1. The topological polar surface area (TPSA) is 113 Å². The number of hydrogen-bond acceptors (Lipinski definition) is 8. The molecular formula is C16H19N5O5S. The number of aromatic nitrogens is 1. The lowest BCUT2D eigenvalue weighted by molar-refractivity contribution is -0.143. The zero-order chi connectivity index (χ0) is 19.2. The minimum Gasteiger partial charge on any atom is -0.466 e. The van der Waals surface area contributed by atoms with Gasteiger partial charge in [-0.1, -0.05) is 0 Å². The Bertz CT molecular complexity index is 776. The summed E-state index contributed by atoms with van der Waals surface area (Å²) in [5.41, 5.74) is 2.51. The second-order valence-electron chi connectivity index (χ2n) is 5.68. The molecule has 0 spiro atoms. The van der Waals surface area contributed by atoms with E-state index in [1.807, 2.05) is 5.38 Å². The lowest BCUT2D eigenvalue weighted by Crippen LogP contribution is -2.32. The van der Waals surface area contributed by atoms with E-state index in [2.05, 4.69) is 15.3 Å². The predicted octanol–water partition coefficient (Wildman–Crippen LogP) is 0.678. The number of aliphatic imine (C=N–C) groups is 1. The van der Waals surface area contributed by atoms with Gasteiger partial charge in [0.2, 0.25) is 5.76 Å². The third-order valence-electron chi connectivity index (χ3n) is 3.77. The van der Waals surface area contributed by atoms with E-state index in [-0.39, 0.29) is 30.7 Å². The molecule has 0 fully saturated rings. The number of amides is 3. The van der Waals surface area contributed by atoms with E-state index >= 15 is 0 Å². The Hall–Kier alpha value is -2.95. The first kappa shape index (κ1) is 18.8. The number of carbonyl (C=O) groups excluding carboxylic acids is 3. The Kier molecular flexibility index (Phi) is 6.01. The molecule has 10 nitrogen and oxygen atoms in total. The summed E-state index contributed by atoms with van der Waals surface area (Å²) < 4.78 is 10.2. The van der Waals surface area contributed by atoms with Gasteiger partial charge in [0.1, 0.15) is 0 Å². The molecule has 0 atom stereocenters. The summed E-state index contributed by atoms with van der Waals surface area (Å²) in [6, 6.07) is -0.380.